The molecule has 2 aromatic heterocycles. The van der Waals surface area contributed by atoms with Crippen LogP contribution in [-0.4, -0.2) is 19.1 Å². The predicted octanol–water partition coefficient (Wildman–Crippen LogP) is 3.88. The molecule has 2 heterocycles. The van der Waals surface area contributed by atoms with Crippen LogP contribution in [0.15, 0.2) is 35.1 Å². The topological polar surface area (TPSA) is 35.6 Å². The lowest BCUT2D eigenvalue weighted by atomic mass is 10.3. The molecule has 20 heavy (non-hydrogen) atoms. The molecule has 0 aliphatic heterocycles. The van der Waals surface area contributed by atoms with Gasteiger partial charge in [-0.2, -0.15) is 0 Å². The number of aryl methyl sites for hydroxylation is 1. The Morgan fingerprint density at radius 1 is 1.40 bits per heavy atom. The van der Waals surface area contributed by atoms with Crippen LogP contribution in [0.4, 0.5) is 0 Å². The van der Waals surface area contributed by atoms with Crippen molar-refractivity contribution in [1.82, 2.24) is 19.1 Å². The molecule has 0 fully saturated rings. The van der Waals surface area contributed by atoms with Gasteiger partial charge in [0.15, 0.2) is 0 Å². The normalized spacial score (nSPS) is 13.0. The van der Waals surface area contributed by atoms with Gasteiger partial charge in [-0.15, -0.1) is 11.6 Å². The number of imidazole rings is 2. The lowest BCUT2D eigenvalue weighted by Crippen LogP contribution is -2.09. The Hall–Kier alpha value is -1.33. The minimum absolute atomic E-state index is 0.151. The zero-order valence-electron chi connectivity index (χ0n) is 11.2. The van der Waals surface area contributed by atoms with Crippen LogP contribution in [0.5, 0.6) is 0 Å². The highest BCUT2D eigenvalue weighted by molar-refractivity contribution is 9.10. The van der Waals surface area contributed by atoms with E-state index < -0.39 is 0 Å². The first-order valence-corrected chi connectivity index (χ1v) is 7.55. The maximum Gasteiger partial charge on any atom is 0.128 e. The molecule has 1 aromatic carbocycles. The molecule has 0 aliphatic carbocycles. The molecule has 0 amide bonds. The van der Waals surface area contributed by atoms with Crippen LogP contribution < -0.4 is 0 Å². The Morgan fingerprint density at radius 2 is 2.20 bits per heavy atom. The summed E-state index contributed by atoms with van der Waals surface area (Å²) in [5.41, 5.74) is 2.01. The quantitative estimate of drug-likeness (QED) is 0.670. The van der Waals surface area contributed by atoms with Crippen molar-refractivity contribution in [3.8, 4) is 0 Å². The number of rotatable bonds is 3. The summed E-state index contributed by atoms with van der Waals surface area (Å²) in [5.74, 6) is 1.84. The molecule has 1 unspecified atom stereocenters. The van der Waals surface area contributed by atoms with E-state index in [-0.39, 0.29) is 5.38 Å². The van der Waals surface area contributed by atoms with E-state index in [2.05, 4.69) is 36.5 Å². The Bertz CT molecular complexity index is 760. The molecule has 0 aliphatic rings. The first-order chi connectivity index (χ1) is 9.56. The lowest BCUT2D eigenvalue weighted by molar-refractivity contribution is 0.677. The molecule has 0 spiro atoms. The fraction of sp³-hybridized carbons (Fsp3) is 0.286. The highest BCUT2D eigenvalue weighted by Crippen LogP contribution is 2.27. The molecule has 0 N–H and O–H groups in total. The van der Waals surface area contributed by atoms with Crippen molar-refractivity contribution >= 4 is 38.6 Å². The fourth-order valence-electron chi connectivity index (χ4n) is 2.28. The largest absolute Gasteiger partial charge is 0.337 e. The third kappa shape index (κ3) is 2.36. The Balaban J connectivity index is 2.16. The molecule has 0 saturated heterocycles. The smallest absolute Gasteiger partial charge is 0.128 e. The monoisotopic (exact) mass is 352 g/mol. The van der Waals surface area contributed by atoms with Gasteiger partial charge in [0, 0.05) is 23.9 Å². The second-order valence-electron chi connectivity index (χ2n) is 4.76. The second-order valence-corrected chi connectivity index (χ2v) is 6.33. The maximum absolute atomic E-state index is 6.28. The Morgan fingerprint density at radius 3 is 2.85 bits per heavy atom. The van der Waals surface area contributed by atoms with E-state index in [0.717, 1.165) is 27.2 Å². The molecule has 0 saturated carbocycles. The van der Waals surface area contributed by atoms with Crippen LogP contribution in [0.2, 0.25) is 0 Å². The Kier molecular flexibility index (Phi) is 3.56. The summed E-state index contributed by atoms with van der Waals surface area (Å²) < 4.78 is 5.15. The van der Waals surface area contributed by atoms with Crippen molar-refractivity contribution in [1.29, 1.82) is 0 Å². The van der Waals surface area contributed by atoms with Crippen molar-refractivity contribution in [3.63, 3.8) is 0 Å². The molecular formula is C14H14BrClN4. The highest BCUT2D eigenvalue weighted by Gasteiger charge is 2.16. The molecule has 1 atom stereocenters. The number of nitrogens with zero attached hydrogens (tertiary/aromatic N) is 4. The molecule has 0 bridgehead atoms. The zero-order valence-corrected chi connectivity index (χ0v) is 13.6. The minimum atomic E-state index is -0.151. The van der Waals surface area contributed by atoms with E-state index >= 15 is 0 Å². The van der Waals surface area contributed by atoms with Crippen LogP contribution in [0.25, 0.3) is 11.0 Å². The number of aromatic nitrogens is 4. The number of hydrogen-bond acceptors (Lipinski definition) is 2. The van der Waals surface area contributed by atoms with E-state index in [1.54, 1.807) is 6.20 Å². The third-order valence-corrected chi connectivity index (χ3v) is 4.00. The van der Waals surface area contributed by atoms with Crippen molar-refractivity contribution in [2.45, 2.75) is 18.8 Å². The molecule has 3 rings (SSSR count). The fourth-order valence-corrected chi connectivity index (χ4v) is 2.80. The van der Waals surface area contributed by atoms with Gasteiger partial charge in [-0.1, -0.05) is 15.9 Å². The molecule has 3 aromatic rings. The molecule has 104 valence electrons. The van der Waals surface area contributed by atoms with Crippen LogP contribution in [0.1, 0.15) is 23.9 Å². The van der Waals surface area contributed by atoms with Crippen molar-refractivity contribution in [2.24, 2.45) is 7.05 Å². The molecule has 4 nitrogen and oxygen atoms in total. The average molecular weight is 354 g/mol. The summed E-state index contributed by atoms with van der Waals surface area (Å²) in [4.78, 5) is 9.02. The van der Waals surface area contributed by atoms with Gasteiger partial charge in [0.25, 0.3) is 0 Å². The SMILES string of the molecule is CC(Cl)c1nc2cc(Br)ccc2n1Cc1nccn1C. The number of halogens is 2. The summed E-state index contributed by atoms with van der Waals surface area (Å²) in [5, 5.41) is -0.151. The van der Waals surface area contributed by atoms with Crippen molar-refractivity contribution in [2.75, 3.05) is 0 Å². The van der Waals surface area contributed by atoms with E-state index in [1.807, 2.05) is 36.9 Å². The predicted molar refractivity (Wildman–Crippen MR) is 84.0 cm³/mol. The van der Waals surface area contributed by atoms with Crippen molar-refractivity contribution < 1.29 is 0 Å². The van der Waals surface area contributed by atoms with E-state index in [4.69, 9.17) is 11.6 Å². The zero-order chi connectivity index (χ0) is 14.3. The number of alkyl halides is 1. The molecule has 0 radical (unpaired) electrons. The Labute approximate surface area is 130 Å². The average Bonchev–Trinajstić information content (AvgIpc) is 2.95. The van der Waals surface area contributed by atoms with Crippen LogP contribution in [0, 0.1) is 0 Å². The standard InChI is InChI=1S/C14H14BrClN4/c1-9(16)14-18-11-7-10(15)3-4-12(11)20(14)8-13-17-5-6-19(13)2/h3-7,9H,8H2,1-2H3. The summed E-state index contributed by atoms with van der Waals surface area (Å²) >= 11 is 9.75. The first-order valence-electron chi connectivity index (χ1n) is 6.32. The number of fused-ring (bicyclic) bond motifs is 1. The van der Waals surface area contributed by atoms with Gasteiger partial charge in [-0.25, -0.2) is 9.97 Å². The van der Waals surface area contributed by atoms with Gasteiger partial charge in [0.1, 0.15) is 11.6 Å². The minimum Gasteiger partial charge on any atom is -0.337 e. The number of benzene rings is 1. The summed E-state index contributed by atoms with van der Waals surface area (Å²) in [6, 6.07) is 6.08. The maximum atomic E-state index is 6.28. The van der Waals surface area contributed by atoms with Gasteiger partial charge in [-0.05, 0) is 25.1 Å². The second kappa shape index (κ2) is 5.22. The van der Waals surface area contributed by atoms with Crippen LogP contribution in [-0.2, 0) is 13.6 Å². The molecular weight excluding hydrogens is 340 g/mol. The summed E-state index contributed by atoms with van der Waals surface area (Å²) in [6.07, 6.45) is 3.74. The molecule has 6 heteroatoms. The highest BCUT2D eigenvalue weighted by atomic mass is 79.9. The summed E-state index contributed by atoms with van der Waals surface area (Å²) in [6.45, 7) is 2.60. The van der Waals surface area contributed by atoms with Gasteiger partial charge >= 0.3 is 0 Å². The van der Waals surface area contributed by atoms with E-state index in [1.165, 1.54) is 0 Å². The van der Waals surface area contributed by atoms with Gasteiger partial charge in [0.2, 0.25) is 0 Å². The number of hydrogen-bond donors (Lipinski definition) is 0. The first kappa shape index (κ1) is 13.6. The summed E-state index contributed by atoms with van der Waals surface area (Å²) in [7, 11) is 1.99. The van der Waals surface area contributed by atoms with E-state index in [0.29, 0.717) is 6.54 Å². The van der Waals surface area contributed by atoms with E-state index in [9.17, 15) is 0 Å². The van der Waals surface area contributed by atoms with Gasteiger partial charge in [-0.3, -0.25) is 0 Å². The van der Waals surface area contributed by atoms with Gasteiger partial charge in [0.05, 0.1) is 23.0 Å². The van der Waals surface area contributed by atoms with Crippen LogP contribution >= 0.6 is 27.5 Å². The third-order valence-electron chi connectivity index (χ3n) is 3.32. The van der Waals surface area contributed by atoms with Crippen LogP contribution in [0.3, 0.4) is 0 Å². The lowest BCUT2D eigenvalue weighted by Gasteiger charge is -2.10. The van der Waals surface area contributed by atoms with Crippen molar-refractivity contribution in [3.05, 3.63) is 46.7 Å². The van der Waals surface area contributed by atoms with Gasteiger partial charge < -0.3 is 9.13 Å².